The molecule has 1 aromatic carbocycles. The summed E-state index contributed by atoms with van der Waals surface area (Å²) in [6.45, 7) is -0.631. The van der Waals surface area contributed by atoms with Crippen molar-refractivity contribution in [2.24, 2.45) is 4.99 Å². The van der Waals surface area contributed by atoms with E-state index >= 15 is 0 Å². The van der Waals surface area contributed by atoms with E-state index in [-0.39, 0.29) is 5.75 Å². The van der Waals surface area contributed by atoms with Crippen LogP contribution in [0.4, 0.5) is 8.78 Å². The Balaban J connectivity index is 2.37. The van der Waals surface area contributed by atoms with Crippen molar-refractivity contribution in [3.63, 3.8) is 0 Å². The lowest BCUT2D eigenvalue weighted by molar-refractivity contribution is -0.0504. The summed E-state index contributed by atoms with van der Waals surface area (Å²) < 4.78 is 34.9. The van der Waals surface area contributed by atoms with Gasteiger partial charge in [0.2, 0.25) is 0 Å². The fourth-order valence-corrected chi connectivity index (χ4v) is 2.72. The standard InChI is InChI=1S/C20H34F2N4O2/c1-23-20(24-12-8-6-5-7-9-13-26(2)3)25-15-16-14-17(27-4)10-11-18(16)28-19(21)22/h10-11,14,19H,5-9,12-13,15H2,1-4H3,(H2,23,24,25). The van der Waals surface area contributed by atoms with Gasteiger partial charge in [-0.05, 0) is 51.7 Å². The number of rotatable bonds is 13. The van der Waals surface area contributed by atoms with E-state index in [9.17, 15) is 8.78 Å². The van der Waals surface area contributed by atoms with Crippen molar-refractivity contribution in [3.05, 3.63) is 23.8 Å². The third kappa shape index (κ3) is 10.3. The molecule has 0 spiro atoms. The summed E-state index contributed by atoms with van der Waals surface area (Å²) in [5, 5.41) is 6.38. The molecule has 160 valence electrons. The van der Waals surface area contributed by atoms with E-state index < -0.39 is 6.61 Å². The Hall–Kier alpha value is -2.09. The second-order valence-corrected chi connectivity index (χ2v) is 6.78. The Kier molecular flexibility index (Phi) is 12.0. The Morgan fingerprint density at radius 3 is 2.46 bits per heavy atom. The van der Waals surface area contributed by atoms with Gasteiger partial charge in [0.1, 0.15) is 11.5 Å². The highest BCUT2D eigenvalue weighted by atomic mass is 19.3. The average molecular weight is 401 g/mol. The van der Waals surface area contributed by atoms with Crippen molar-refractivity contribution in [1.29, 1.82) is 0 Å². The average Bonchev–Trinajstić information content (AvgIpc) is 2.66. The van der Waals surface area contributed by atoms with Crippen LogP contribution in [-0.4, -0.2) is 58.8 Å². The highest BCUT2D eigenvalue weighted by Gasteiger charge is 2.11. The van der Waals surface area contributed by atoms with Crippen molar-refractivity contribution < 1.29 is 18.3 Å². The van der Waals surface area contributed by atoms with Gasteiger partial charge in [-0.2, -0.15) is 8.78 Å². The molecule has 0 aliphatic carbocycles. The fourth-order valence-electron chi connectivity index (χ4n) is 2.72. The number of ether oxygens (including phenoxy) is 2. The highest BCUT2D eigenvalue weighted by Crippen LogP contribution is 2.25. The van der Waals surface area contributed by atoms with Gasteiger partial charge in [0, 0.05) is 25.7 Å². The molecular formula is C20H34F2N4O2. The van der Waals surface area contributed by atoms with Crippen LogP contribution in [0.2, 0.25) is 0 Å². The van der Waals surface area contributed by atoms with Crippen molar-refractivity contribution >= 4 is 5.96 Å². The van der Waals surface area contributed by atoms with Crippen molar-refractivity contribution in [2.75, 3.05) is 41.3 Å². The number of benzene rings is 1. The quantitative estimate of drug-likeness (QED) is 0.302. The number of hydrogen-bond acceptors (Lipinski definition) is 4. The van der Waals surface area contributed by atoms with Gasteiger partial charge < -0.3 is 25.0 Å². The van der Waals surface area contributed by atoms with Crippen LogP contribution in [0.5, 0.6) is 11.5 Å². The zero-order valence-corrected chi connectivity index (χ0v) is 17.4. The van der Waals surface area contributed by atoms with Crippen LogP contribution in [-0.2, 0) is 6.54 Å². The van der Waals surface area contributed by atoms with Gasteiger partial charge in [-0.1, -0.05) is 19.3 Å². The molecule has 1 rings (SSSR count). The van der Waals surface area contributed by atoms with E-state index in [1.165, 1.54) is 38.9 Å². The van der Waals surface area contributed by atoms with Crippen LogP contribution in [0, 0.1) is 0 Å². The molecule has 0 saturated heterocycles. The van der Waals surface area contributed by atoms with E-state index in [0.717, 1.165) is 19.5 Å². The number of nitrogens with one attached hydrogen (secondary N) is 2. The van der Waals surface area contributed by atoms with Crippen molar-refractivity contribution in [2.45, 2.75) is 45.3 Å². The van der Waals surface area contributed by atoms with Crippen LogP contribution in [0.3, 0.4) is 0 Å². The summed E-state index contributed by atoms with van der Waals surface area (Å²) in [5.41, 5.74) is 0.573. The lowest BCUT2D eigenvalue weighted by Gasteiger charge is -2.15. The number of halogens is 2. The third-order valence-electron chi connectivity index (χ3n) is 4.23. The number of hydrogen-bond donors (Lipinski definition) is 2. The second-order valence-electron chi connectivity index (χ2n) is 6.78. The molecule has 0 aromatic heterocycles. The lowest BCUT2D eigenvalue weighted by Crippen LogP contribution is -2.37. The van der Waals surface area contributed by atoms with Gasteiger partial charge in [-0.3, -0.25) is 4.99 Å². The smallest absolute Gasteiger partial charge is 0.387 e. The summed E-state index contributed by atoms with van der Waals surface area (Å²) in [6.07, 6.45) is 5.92. The van der Waals surface area contributed by atoms with Gasteiger partial charge >= 0.3 is 6.61 Å². The number of nitrogens with zero attached hydrogens (tertiary/aromatic N) is 2. The molecule has 0 atom stereocenters. The van der Waals surface area contributed by atoms with Crippen LogP contribution in [0.15, 0.2) is 23.2 Å². The third-order valence-corrected chi connectivity index (χ3v) is 4.23. The minimum absolute atomic E-state index is 0.122. The molecule has 0 fully saturated rings. The molecule has 0 aliphatic heterocycles. The van der Waals surface area contributed by atoms with Crippen LogP contribution < -0.4 is 20.1 Å². The first-order chi connectivity index (χ1) is 13.5. The molecule has 1 aromatic rings. The van der Waals surface area contributed by atoms with Gasteiger partial charge in [-0.15, -0.1) is 0 Å². The normalized spacial score (nSPS) is 11.8. The van der Waals surface area contributed by atoms with Crippen molar-refractivity contribution in [3.8, 4) is 11.5 Å². The largest absolute Gasteiger partial charge is 0.497 e. The maximum absolute atomic E-state index is 12.6. The Morgan fingerprint density at radius 2 is 1.82 bits per heavy atom. The van der Waals surface area contributed by atoms with E-state index in [2.05, 4.69) is 39.4 Å². The molecule has 0 aliphatic rings. The first kappa shape index (κ1) is 23.9. The number of guanidine groups is 1. The number of alkyl halides is 2. The predicted molar refractivity (Wildman–Crippen MR) is 109 cm³/mol. The molecule has 2 N–H and O–H groups in total. The minimum atomic E-state index is -2.87. The highest BCUT2D eigenvalue weighted by molar-refractivity contribution is 5.79. The van der Waals surface area contributed by atoms with Crippen LogP contribution in [0.25, 0.3) is 0 Å². The molecule has 0 radical (unpaired) electrons. The maximum atomic E-state index is 12.6. The lowest BCUT2D eigenvalue weighted by atomic mass is 10.1. The zero-order chi connectivity index (χ0) is 20.8. The second kappa shape index (κ2) is 14.0. The van der Waals surface area contributed by atoms with E-state index in [4.69, 9.17) is 4.74 Å². The zero-order valence-electron chi connectivity index (χ0n) is 17.4. The van der Waals surface area contributed by atoms with Crippen LogP contribution in [0.1, 0.15) is 37.7 Å². The maximum Gasteiger partial charge on any atom is 0.387 e. The monoisotopic (exact) mass is 400 g/mol. The van der Waals surface area contributed by atoms with Gasteiger partial charge in [0.05, 0.1) is 7.11 Å². The van der Waals surface area contributed by atoms with Crippen molar-refractivity contribution in [1.82, 2.24) is 15.5 Å². The molecule has 0 bridgehead atoms. The first-order valence-corrected chi connectivity index (χ1v) is 9.67. The SMILES string of the molecule is CN=C(NCCCCCCCN(C)C)NCc1cc(OC)ccc1OC(F)F. The molecular weight excluding hydrogens is 366 g/mol. The Bertz CT molecular complexity index is 583. The summed E-state index contributed by atoms with van der Waals surface area (Å²) in [6, 6.07) is 4.74. The molecule has 0 amide bonds. The van der Waals surface area contributed by atoms with Gasteiger partial charge in [0.15, 0.2) is 5.96 Å². The molecule has 6 nitrogen and oxygen atoms in total. The molecule has 28 heavy (non-hydrogen) atoms. The number of methoxy groups -OCH3 is 1. The molecule has 0 heterocycles. The topological polar surface area (TPSA) is 58.1 Å². The van der Waals surface area contributed by atoms with E-state index in [1.54, 1.807) is 19.2 Å². The molecule has 0 saturated carbocycles. The van der Waals surface area contributed by atoms with Gasteiger partial charge in [-0.25, -0.2) is 0 Å². The van der Waals surface area contributed by atoms with Gasteiger partial charge in [0.25, 0.3) is 0 Å². The predicted octanol–water partition coefficient (Wildman–Crippen LogP) is 3.47. The first-order valence-electron chi connectivity index (χ1n) is 9.67. The molecule has 8 heteroatoms. The number of unbranched alkanes of at least 4 members (excludes halogenated alkanes) is 4. The summed E-state index contributed by atoms with van der Waals surface area (Å²) in [5.74, 6) is 1.32. The van der Waals surface area contributed by atoms with Crippen LogP contribution >= 0.6 is 0 Å². The summed E-state index contributed by atoms with van der Waals surface area (Å²) in [7, 11) is 7.40. The fraction of sp³-hybridized carbons (Fsp3) is 0.650. The van der Waals surface area contributed by atoms with E-state index in [0.29, 0.717) is 23.8 Å². The Labute approximate surface area is 167 Å². The Morgan fingerprint density at radius 1 is 1.11 bits per heavy atom. The van der Waals surface area contributed by atoms with E-state index in [1.807, 2.05) is 0 Å². The number of aliphatic imine (C=N–C) groups is 1. The summed E-state index contributed by atoms with van der Waals surface area (Å²) in [4.78, 5) is 6.38. The minimum Gasteiger partial charge on any atom is -0.497 e. The molecule has 0 unspecified atom stereocenters. The summed E-state index contributed by atoms with van der Waals surface area (Å²) >= 11 is 0.